The van der Waals surface area contributed by atoms with E-state index in [0.717, 1.165) is 32.6 Å². The van der Waals surface area contributed by atoms with E-state index in [1.165, 1.54) is 0 Å². The molecule has 0 aromatic rings. The summed E-state index contributed by atoms with van der Waals surface area (Å²) in [6, 6.07) is 0.231. The van der Waals surface area contributed by atoms with E-state index in [1.807, 2.05) is 27.7 Å². The summed E-state index contributed by atoms with van der Waals surface area (Å²) in [7, 11) is 0. The summed E-state index contributed by atoms with van der Waals surface area (Å²) in [6.07, 6.45) is 0.947. The first-order valence-electron chi connectivity index (χ1n) is 8.24. The Labute approximate surface area is 134 Å². The summed E-state index contributed by atoms with van der Waals surface area (Å²) in [5.74, 6) is 0.156. The zero-order valence-corrected chi connectivity index (χ0v) is 14.7. The first-order valence-corrected chi connectivity index (χ1v) is 8.24. The summed E-state index contributed by atoms with van der Waals surface area (Å²) in [5, 5.41) is 5.97. The number of amides is 2. The molecule has 0 aromatic carbocycles. The Balaban J connectivity index is 2.26. The van der Waals surface area contributed by atoms with Crippen LogP contribution in [0.2, 0.25) is 0 Å². The summed E-state index contributed by atoms with van der Waals surface area (Å²) in [4.78, 5) is 28.1. The topological polar surface area (TPSA) is 64.7 Å². The Kier molecular flexibility index (Phi) is 7.29. The molecular weight excluding hydrogens is 280 g/mol. The van der Waals surface area contributed by atoms with Crippen LogP contribution >= 0.6 is 0 Å². The Morgan fingerprint density at radius 1 is 1.00 bits per heavy atom. The second-order valence-corrected chi connectivity index (χ2v) is 7.23. The molecule has 0 radical (unpaired) electrons. The lowest BCUT2D eigenvalue weighted by Crippen LogP contribution is -2.53. The number of nitrogens with zero attached hydrogens (tertiary/aromatic N) is 2. The van der Waals surface area contributed by atoms with E-state index in [2.05, 4.69) is 27.4 Å². The van der Waals surface area contributed by atoms with Crippen LogP contribution in [0, 0.1) is 0 Å². The molecule has 1 aliphatic heterocycles. The Morgan fingerprint density at radius 3 is 1.86 bits per heavy atom. The van der Waals surface area contributed by atoms with E-state index in [1.54, 1.807) is 0 Å². The highest BCUT2D eigenvalue weighted by Gasteiger charge is 2.22. The van der Waals surface area contributed by atoms with Crippen molar-refractivity contribution in [3.05, 3.63) is 0 Å². The SMILES string of the molecule is CCC(C)NC(=O)CN1CCN(CC(=O)NC(C)(C)C)CC1. The molecule has 0 bridgehead atoms. The minimum atomic E-state index is -0.188. The van der Waals surface area contributed by atoms with Crippen molar-refractivity contribution in [3.63, 3.8) is 0 Å². The lowest BCUT2D eigenvalue weighted by atomic mass is 10.1. The van der Waals surface area contributed by atoms with E-state index in [-0.39, 0.29) is 23.4 Å². The third-order valence-electron chi connectivity index (χ3n) is 3.73. The average molecular weight is 312 g/mol. The summed E-state index contributed by atoms with van der Waals surface area (Å²) < 4.78 is 0. The van der Waals surface area contributed by atoms with Gasteiger partial charge in [0, 0.05) is 37.8 Å². The zero-order chi connectivity index (χ0) is 16.8. The molecule has 1 unspecified atom stereocenters. The first kappa shape index (κ1) is 18.9. The summed E-state index contributed by atoms with van der Waals surface area (Å²) >= 11 is 0. The second-order valence-electron chi connectivity index (χ2n) is 7.23. The van der Waals surface area contributed by atoms with Gasteiger partial charge in [-0.15, -0.1) is 0 Å². The van der Waals surface area contributed by atoms with Gasteiger partial charge in [0.15, 0.2) is 0 Å². The lowest BCUT2D eigenvalue weighted by Gasteiger charge is -2.34. The van der Waals surface area contributed by atoms with Crippen molar-refractivity contribution in [1.29, 1.82) is 0 Å². The molecule has 0 aromatic heterocycles. The maximum atomic E-state index is 11.9. The third kappa shape index (κ3) is 7.75. The molecule has 2 N–H and O–H groups in total. The van der Waals surface area contributed by atoms with Crippen LogP contribution in [-0.2, 0) is 9.59 Å². The van der Waals surface area contributed by atoms with E-state index < -0.39 is 0 Å². The Hall–Kier alpha value is -1.14. The maximum Gasteiger partial charge on any atom is 0.234 e. The van der Waals surface area contributed by atoms with Gasteiger partial charge in [-0.3, -0.25) is 19.4 Å². The van der Waals surface area contributed by atoms with Crippen LogP contribution in [0.15, 0.2) is 0 Å². The van der Waals surface area contributed by atoms with Crippen LogP contribution < -0.4 is 10.6 Å². The van der Waals surface area contributed by atoms with Gasteiger partial charge in [0.1, 0.15) is 0 Å². The van der Waals surface area contributed by atoms with Crippen molar-refractivity contribution in [1.82, 2.24) is 20.4 Å². The number of carbonyl (C=O) groups excluding carboxylic acids is 2. The van der Waals surface area contributed by atoms with E-state index >= 15 is 0 Å². The van der Waals surface area contributed by atoms with Gasteiger partial charge in [0.05, 0.1) is 13.1 Å². The number of hydrogen-bond donors (Lipinski definition) is 2. The van der Waals surface area contributed by atoms with Crippen molar-refractivity contribution in [2.75, 3.05) is 39.3 Å². The van der Waals surface area contributed by atoms with Crippen molar-refractivity contribution < 1.29 is 9.59 Å². The lowest BCUT2D eigenvalue weighted by molar-refractivity contribution is -0.126. The largest absolute Gasteiger partial charge is 0.353 e. The maximum absolute atomic E-state index is 11.9. The number of hydrogen-bond acceptors (Lipinski definition) is 4. The predicted octanol–water partition coefficient (Wildman–Crippen LogP) is 0.433. The molecule has 0 saturated carbocycles. The first-order chi connectivity index (χ1) is 10.2. The normalized spacial score (nSPS) is 18.8. The van der Waals surface area contributed by atoms with Crippen molar-refractivity contribution >= 4 is 11.8 Å². The van der Waals surface area contributed by atoms with Crippen LogP contribution in [0.5, 0.6) is 0 Å². The minimum absolute atomic E-state index is 0.0652. The molecule has 1 heterocycles. The van der Waals surface area contributed by atoms with Gasteiger partial charge in [0.25, 0.3) is 0 Å². The fourth-order valence-electron chi connectivity index (χ4n) is 2.39. The molecule has 0 aliphatic carbocycles. The van der Waals surface area contributed by atoms with Crippen molar-refractivity contribution in [2.24, 2.45) is 0 Å². The fourth-order valence-corrected chi connectivity index (χ4v) is 2.39. The van der Waals surface area contributed by atoms with Gasteiger partial charge in [-0.1, -0.05) is 6.92 Å². The molecule has 1 atom stereocenters. The molecule has 1 saturated heterocycles. The van der Waals surface area contributed by atoms with E-state index in [9.17, 15) is 9.59 Å². The molecule has 1 fully saturated rings. The van der Waals surface area contributed by atoms with Gasteiger partial charge in [-0.05, 0) is 34.1 Å². The molecular formula is C16H32N4O2. The van der Waals surface area contributed by atoms with Gasteiger partial charge in [-0.25, -0.2) is 0 Å². The summed E-state index contributed by atoms with van der Waals surface area (Å²) in [6.45, 7) is 14.2. The minimum Gasteiger partial charge on any atom is -0.353 e. The van der Waals surface area contributed by atoms with E-state index in [4.69, 9.17) is 0 Å². The highest BCUT2D eigenvalue weighted by atomic mass is 16.2. The molecule has 128 valence electrons. The monoisotopic (exact) mass is 312 g/mol. The van der Waals surface area contributed by atoms with E-state index in [0.29, 0.717) is 13.1 Å². The van der Waals surface area contributed by atoms with Crippen molar-refractivity contribution in [3.8, 4) is 0 Å². The molecule has 6 heteroatoms. The number of rotatable bonds is 6. The average Bonchev–Trinajstić information content (AvgIpc) is 2.38. The molecule has 1 rings (SSSR count). The fraction of sp³-hybridized carbons (Fsp3) is 0.875. The third-order valence-corrected chi connectivity index (χ3v) is 3.73. The quantitative estimate of drug-likeness (QED) is 0.747. The predicted molar refractivity (Wildman–Crippen MR) is 88.7 cm³/mol. The molecule has 22 heavy (non-hydrogen) atoms. The van der Waals surface area contributed by atoms with Crippen molar-refractivity contribution in [2.45, 2.75) is 52.6 Å². The van der Waals surface area contributed by atoms with Crippen LogP contribution in [0.3, 0.4) is 0 Å². The van der Waals surface area contributed by atoms with Crippen LogP contribution in [0.4, 0.5) is 0 Å². The second kappa shape index (κ2) is 8.48. The number of nitrogens with one attached hydrogen (secondary N) is 2. The molecule has 1 aliphatic rings. The molecule has 0 spiro atoms. The summed E-state index contributed by atoms with van der Waals surface area (Å²) in [5.41, 5.74) is -0.188. The van der Waals surface area contributed by atoms with Crippen LogP contribution in [0.1, 0.15) is 41.0 Å². The van der Waals surface area contributed by atoms with Gasteiger partial charge in [0.2, 0.25) is 11.8 Å². The standard InChI is InChI=1S/C16H32N4O2/c1-6-13(2)17-14(21)11-19-7-9-20(10-8-19)12-15(22)18-16(3,4)5/h13H,6-12H2,1-5H3,(H,17,21)(H,18,22). The Morgan fingerprint density at radius 2 is 1.45 bits per heavy atom. The van der Waals surface area contributed by atoms with Crippen LogP contribution in [0.25, 0.3) is 0 Å². The molecule has 6 nitrogen and oxygen atoms in total. The highest BCUT2D eigenvalue weighted by molar-refractivity contribution is 5.79. The Bertz CT molecular complexity index is 371. The zero-order valence-electron chi connectivity index (χ0n) is 14.7. The van der Waals surface area contributed by atoms with Gasteiger partial charge < -0.3 is 10.6 Å². The smallest absolute Gasteiger partial charge is 0.234 e. The van der Waals surface area contributed by atoms with Gasteiger partial charge in [-0.2, -0.15) is 0 Å². The van der Waals surface area contributed by atoms with Crippen LogP contribution in [-0.4, -0.2) is 72.5 Å². The molecule has 2 amide bonds. The highest BCUT2D eigenvalue weighted by Crippen LogP contribution is 2.03. The van der Waals surface area contributed by atoms with Gasteiger partial charge >= 0.3 is 0 Å². The number of piperazine rings is 1. The number of carbonyl (C=O) groups is 2.